The van der Waals surface area contributed by atoms with Crippen LogP contribution in [0.1, 0.15) is 36.2 Å². The minimum Gasteiger partial charge on any atom is -0.363 e. The molecule has 0 radical (unpaired) electrons. The molecular formula is C18H26IN5O2. The number of aryl methyl sites for hydroxylation is 1. The fraction of sp³-hybridized carbons (Fsp3) is 0.500. The Bertz CT molecular complexity index is 705. The summed E-state index contributed by atoms with van der Waals surface area (Å²) in [5.74, 6) is 2.07. The van der Waals surface area contributed by atoms with Gasteiger partial charge in [-0.25, -0.2) is 4.99 Å². The van der Waals surface area contributed by atoms with E-state index in [2.05, 4.69) is 32.6 Å². The van der Waals surface area contributed by atoms with Gasteiger partial charge in [0.25, 0.3) is 5.89 Å². The minimum absolute atomic E-state index is 0. The number of hydrogen-bond acceptors (Lipinski definition) is 5. The highest BCUT2D eigenvalue weighted by molar-refractivity contribution is 14.0. The second-order valence-electron chi connectivity index (χ2n) is 6.40. The summed E-state index contributed by atoms with van der Waals surface area (Å²) in [6.07, 6.45) is 1.86. The van der Waals surface area contributed by atoms with Crippen molar-refractivity contribution < 1.29 is 9.26 Å². The van der Waals surface area contributed by atoms with E-state index in [0.29, 0.717) is 24.8 Å². The number of nitrogens with one attached hydrogen (secondary N) is 1. The predicted molar refractivity (Wildman–Crippen MR) is 111 cm³/mol. The Balaban J connectivity index is 0.00000243. The lowest BCUT2D eigenvalue weighted by atomic mass is 10.2. The molecule has 0 amide bonds. The number of aliphatic imine (C=N–C) groups is 1. The van der Waals surface area contributed by atoms with Crippen LogP contribution in [0.25, 0.3) is 0 Å². The van der Waals surface area contributed by atoms with Crippen LogP contribution >= 0.6 is 24.0 Å². The number of hydrogen-bond donors (Lipinski definition) is 1. The second-order valence-corrected chi connectivity index (χ2v) is 6.40. The summed E-state index contributed by atoms with van der Waals surface area (Å²) < 4.78 is 11.2. The molecule has 1 aliphatic heterocycles. The summed E-state index contributed by atoms with van der Waals surface area (Å²) in [7, 11) is 3.96. The highest BCUT2D eigenvalue weighted by Crippen LogP contribution is 2.31. The van der Waals surface area contributed by atoms with Crippen molar-refractivity contribution in [2.24, 2.45) is 4.99 Å². The van der Waals surface area contributed by atoms with E-state index in [1.807, 2.05) is 44.1 Å². The van der Waals surface area contributed by atoms with Crippen LogP contribution in [0.2, 0.25) is 0 Å². The first-order chi connectivity index (χ1) is 12.1. The van der Waals surface area contributed by atoms with Crippen LogP contribution in [-0.2, 0) is 11.3 Å². The van der Waals surface area contributed by atoms with Crippen molar-refractivity contribution in [3.05, 3.63) is 47.6 Å². The molecule has 0 saturated carbocycles. The number of rotatable bonds is 5. The van der Waals surface area contributed by atoms with Crippen molar-refractivity contribution in [2.45, 2.75) is 38.5 Å². The number of aromatic nitrogens is 2. The van der Waals surface area contributed by atoms with Crippen molar-refractivity contribution >= 4 is 29.9 Å². The van der Waals surface area contributed by atoms with Crippen LogP contribution < -0.4 is 5.32 Å². The lowest BCUT2D eigenvalue weighted by molar-refractivity contribution is 0.0283. The van der Waals surface area contributed by atoms with Gasteiger partial charge in [0.2, 0.25) is 0 Å². The Morgan fingerprint density at radius 2 is 2.04 bits per heavy atom. The summed E-state index contributed by atoms with van der Waals surface area (Å²) >= 11 is 0. The van der Waals surface area contributed by atoms with Gasteiger partial charge in [0.1, 0.15) is 6.10 Å². The normalized spacial score (nSPS) is 19.9. The Labute approximate surface area is 171 Å². The zero-order valence-electron chi connectivity index (χ0n) is 15.4. The molecule has 0 spiro atoms. The molecule has 1 saturated heterocycles. The van der Waals surface area contributed by atoms with Crippen LogP contribution in [0.4, 0.5) is 0 Å². The number of nitrogens with zero attached hydrogens (tertiary/aromatic N) is 4. The van der Waals surface area contributed by atoms with E-state index in [9.17, 15) is 0 Å². The quantitative estimate of drug-likeness (QED) is 0.411. The van der Waals surface area contributed by atoms with Gasteiger partial charge in [-0.15, -0.1) is 24.0 Å². The van der Waals surface area contributed by atoms with E-state index in [-0.39, 0.29) is 36.2 Å². The fourth-order valence-electron chi connectivity index (χ4n) is 2.79. The van der Waals surface area contributed by atoms with Crippen LogP contribution in [0.3, 0.4) is 0 Å². The zero-order valence-corrected chi connectivity index (χ0v) is 17.7. The maximum absolute atomic E-state index is 6.02. The topological polar surface area (TPSA) is 75.8 Å². The molecule has 1 fully saturated rings. The number of guanidine groups is 1. The van der Waals surface area contributed by atoms with Gasteiger partial charge in [-0.2, -0.15) is 4.98 Å². The molecule has 7 nitrogen and oxygen atoms in total. The first-order valence-corrected chi connectivity index (χ1v) is 8.57. The number of benzene rings is 1. The minimum atomic E-state index is -0.0999. The third-order valence-corrected chi connectivity index (χ3v) is 4.09. The van der Waals surface area contributed by atoms with Gasteiger partial charge < -0.3 is 19.5 Å². The van der Waals surface area contributed by atoms with E-state index in [1.165, 1.54) is 5.56 Å². The molecule has 142 valence electrons. The van der Waals surface area contributed by atoms with E-state index >= 15 is 0 Å². The number of halogens is 1. The van der Waals surface area contributed by atoms with Gasteiger partial charge in [0.05, 0.1) is 12.6 Å². The molecule has 8 heteroatoms. The molecule has 0 unspecified atom stereocenters. The van der Waals surface area contributed by atoms with Gasteiger partial charge in [0, 0.05) is 20.6 Å². The maximum atomic E-state index is 6.02. The Hall–Kier alpha value is -1.68. The van der Waals surface area contributed by atoms with Gasteiger partial charge in [-0.1, -0.05) is 35.5 Å². The molecule has 1 aromatic carbocycles. The largest absolute Gasteiger partial charge is 0.363 e. The molecule has 1 aliphatic rings. The summed E-state index contributed by atoms with van der Waals surface area (Å²) in [5, 5.41) is 7.22. The maximum Gasteiger partial charge on any atom is 0.255 e. The molecule has 2 atom stereocenters. The van der Waals surface area contributed by atoms with Crippen LogP contribution in [0.15, 0.2) is 39.8 Å². The molecule has 2 aromatic rings. The highest BCUT2D eigenvalue weighted by atomic mass is 127. The van der Waals surface area contributed by atoms with Gasteiger partial charge >= 0.3 is 0 Å². The zero-order chi connectivity index (χ0) is 17.6. The smallest absolute Gasteiger partial charge is 0.255 e. The Kier molecular flexibility index (Phi) is 7.83. The monoisotopic (exact) mass is 471 g/mol. The fourth-order valence-corrected chi connectivity index (χ4v) is 2.79. The molecular weight excluding hydrogens is 445 g/mol. The standard InChI is InChI=1S/C18H25N5O2.HI/c1-13-21-17(25-22-13)16-10-9-15(24-16)12-20-18(23(2)3)19-11-14-7-5-4-6-8-14;/h4-8,15-16H,9-12H2,1-3H3,(H,19,20);1H/t15-,16+;/m1./s1. The third-order valence-electron chi connectivity index (χ3n) is 4.09. The van der Waals surface area contributed by atoms with Crippen molar-refractivity contribution in [3.63, 3.8) is 0 Å². The van der Waals surface area contributed by atoms with E-state index in [0.717, 1.165) is 18.8 Å². The van der Waals surface area contributed by atoms with E-state index < -0.39 is 0 Å². The summed E-state index contributed by atoms with van der Waals surface area (Å²) in [6, 6.07) is 10.2. The predicted octanol–water partition coefficient (Wildman–Crippen LogP) is 2.92. The van der Waals surface area contributed by atoms with Crippen LogP contribution in [0.5, 0.6) is 0 Å². The van der Waals surface area contributed by atoms with E-state index in [4.69, 9.17) is 9.26 Å². The second kappa shape index (κ2) is 9.86. The van der Waals surface area contributed by atoms with Crippen LogP contribution in [-0.4, -0.2) is 47.7 Å². The first kappa shape index (κ1) is 20.6. The molecule has 26 heavy (non-hydrogen) atoms. The summed E-state index contributed by atoms with van der Waals surface area (Å²) in [6.45, 7) is 3.17. The average Bonchev–Trinajstić information content (AvgIpc) is 3.24. The van der Waals surface area contributed by atoms with Crippen LogP contribution in [0, 0.1) is 6.92 Å². The lowest BCUT2D eigenvalue weighted by Gasteiger charge is -2.20. The van der Waals surface area contributed by atoms with Crippen molar-refractivity contribution in [1.29, 1.82) is 0 Å². The van der Waals surface area contributed by atoms with Gasteiger partial charge in [-0.3, -0.25) is 0 Å². The molecule has 2 heterocycles. The highest BCUT2D eigenvalue weighted by Gasteiger charge is 2.30. The molecule has 0 bridgehead atoms. The van der Waals surface area contributed by atoms with E-state index in [1.54, 1.807) is 0 Å². The summed E-state index contributed by atoms with van der Waals surface area (Å²) in [5.41, 5.74) is 1.19. The van der Waals surface area contributed by atoms with Crippen molar-refractivity contribution in [2.75, 3.05) is 20.6 Å². The molecule has 1 N–H and O–H groups in total. The SMILES string of the molecule is Cc1noc([C@@H]2CC[C@H](CNC(=NCc3ccccc3)N(C)C)O2)n1.I. The molecule has 3 rings (SSSR count). The average molecular weight is 471 g/mol. The van der Waals surface area contributed by atoms with Crippen molar-refractivity contribution in [3.8, 4) is 0 Å². The van der Waals surface area contributed by atoms with Crippen molar-refractivity contribution in [1.82, 2.24) is 20.4 Å². The third kappa shape index (κ3) is 5.66. The summed E-state index contributed by atoms with van der Waals surface area (Å²) in [4.78, 5) is 10.9. The van der Waals surface area contributed by atoms with Gasteiger partial charge in [-0.05, 0) is 25.3 Å². The first-order valence-electron chi connectivity index (χ1n) is 8.57. The number of ether oxygens (including phenoxy) is 1. The molecule has 1 aromatic heterocycles. The Morgan fingerprint density at radius 3 is 2.69 bits per heavy atom. The molecule has 0 aliphatic carbocycles. The van der Waals surface area contributed by atoms with Gasteiger partial charge in [0.15, 0.2) is 11.8 Å². The lowest BCUT2D eigenvalue weighted by Crippen LogP contribution is -2.40. The Morgan fingerprint density at radius 1 is 1.27 bits per heavy atom.